The molecule has 0 unspecified atom stereocenters. The van der Waals surface area contributed by atoms with Crippen LogP contribution in [0.5, 0.6) is 0 Å². The molecule has 0 bridgehead atoms. The van der Waals surface area contributed by atoms with Crippen molar-refractivity contribution in [2.24, 2.45) is 5.10 Å². The molecule has 3 rings (SSSR count). The van der Waals surface area contributed by atoms with Crippen LogP contribution in [0.25, 0.3) is 10.9 Å². The summed E-state index contributed by atoms with van der Waals surface area (Å²) in [6, 6.07) is 3.19. The summed E-state index contributed by atoms with van der Waals surface area (Å²) in [5.74, 6) is -0.852. The molecule has 3 aromatic rings. The Morgan fingerprint density at radius 2 is 2.08 bits per heavy atom. The molecular formula is C16H12F3N5O2. The zero-order valence-corrected chi connectivity index (χ0v) is 13.3. The third kappa shape index (κ3) is 3.21. The molecule has 10 heteroatoms. The fourth-order valence-electron chi connectivity index (χ4n) is 2.37. The average Bonchev–Trinajstić information content (AvgIpc) is 2.99. The predicted molar refractivity (Wildman–Crippen MR) is 88.0 cm³/mol. The van der Waals surface area contributed by atoms with Gasteiger partial charge in [0.15, 0.2) is 0 Å². The van der Waals surface area contributed by atoms with E-state index in [0.717, 1.165) is 24.0 Å². The Bertz CT molecular complexity index is 1070. The van der Waals surface area contributed by atoms with Gasteiger partial charge in [-0.05, 0) is 19.1 Å². The number of aromatic nitrogens is 3. The number of fused-ring (bicyclic) bond motifs is 1. The van der Waals surface area contributed by atoms with E-state index in [4.69, 9.17) is 0 Å². The summed E-state index contributed by atoms with van der Waals surface area (Å²) in [6.07, 6.45) is -0.964. The van der Waals surface area contributed by atoms with Crippen molar-refractivity contribution in [3.05, 3.63) is 63.5 Å². The van der Waals surface area contributed by atoms with Gasteiger partial charge < -0.3 is 9.97 Å². The van der Waals surface area contributed by atoms with Crippen LogP contribution in [-0.4, -0.2) is 27.1 Å². The molecule has 0 aliphatic heterocycles. The number of carbonyl (C=O) groups is 1. The van der Waals surface area contributed by atoms with Crippen LogP contribution in [0.4, 0.5) is 13.2 Å². The van der Waals surface area contributed by atoms with E-state index in [-0.39, 0.29) is 16.5 Å². The zero-order valence-electron chi connectivity index (χ0n) is 13.3. The lowest BCUT2D eigenvalue weighted by molar-refractivity contribution is -0.136. The lowest BCUT2D eigenvalue weighted by Crippen LogP contribution is -2.25. The number of aromatic amines is 2. The van der Waals surface area contributed by atoms with Crippen LogP contribution in [0, 0.1) is 6.92 Å². The highest BCUT2D eigenvalue weighted by Gasteiger charge is 2.33. The van der Waals surface area contributed by atoms with Crippen LogP contribution in [0.15, 0.2) is 40.6 Å². The van der Waals surface area contributed by atoms with Crippen molar-refractivity contribution in [3.63, 3.8) is 0 Å². The molecule has 26 heavy (non-hydrogen) atoms. The molecule has 0 fully saturated rings. The number of hydrogen-bond acceptors (Lipinski definition) is 4. The van der Waals surface area contributed by atoms with E-state index in [1.807, 2.05) is 0 Å². The molecule has 1 aromatic carbocycles. The normalized spacial score (nSPS) is 12.0. The number of benzene rings is 1. The van der Waals surface area contributed by atoms with Gasteiger partial charge in [0.25, 0.3) is 5.91 Å². The summed E-state index contributed by atoms with van der Waals surface area (Å²) in [6.45, 7) is 1.75. The molecule has 0 aliphatic rings. The van der Waals surface area contributed by atoms with Crippen molar-refractivity contribution in [2.75, 3.05) is 0 Å². The van der Waals surface area contributed by atoms with Gasteiger partial charge in [-0.25, -0.2) is 10.4 Å². The van der Waals surface area contributed by atoms with Crippen molar-refractivity contribution in [1.29, 1.82) is 0 Å². The standard InChI is InChI=1S/C16H12F3N5O2/c1-8-12(22-7-21-8)6-23-24-15(26)10-5-20-13-9(14(10)25)3-2-4-11(13)16(17,18)19/h2-7H,1H3,(H,20,25)(H,21,22)(H,24,26)/b23-6+. The number of hydrogen-bond donors (Lipinski definition) is 3. The van der Waals surface area contributed by atoms with Crippen LogP contribution >= 0.6 is 0 Å². The first-order chi connectivity index (χ1) is 12.3. The molecule has 0 radical (unpaired) electrons. The zero-order chi connectivity index (χ0) is 18.9. The fraction of sp³-hybridized carbons (Fsp3) is 0.125. The Kier molecular flexibility index (Phi) is 4.33. The van der Waals surface area contributed by atoms with Gasteiger partial charge in [0.2, 0.25) is 5.43 Å². The number of alkyl halides is 3. The molecular weight excluding hydrogens is 351 g/mol. The quantitative estimate of drug-likeness (QED) is 0.492. The lowest BCUT2D eigenvalue weighted by atomic mass is 10.1. The summed E-state index contributed by atoms with van der Waals surface area (Å²) >= 11 is 0. The monoisotopic (exact) mass is 363 g/mol. The van der Waals surface area contributed by atoms with Crippen LogP contribution in [0.1, 0.15) is 27.3 Å². The summed E-state index contributed by atoms with van der Waals surface area (Å²) in [7, 11) is 0. The number of hydrazone groups is 1. The average molecular weight is 363 g/mol. The van der Waals surface area contributed by atoms with Gasteiger partial charge in [0.1, 0.15) is 11.3 Å². The van der Waals surface area contributed by atoms with Crippen LogP contribution in [0.2, 0.25) is 0 Å². The van der Waals surface area contributed by atoms with Gasteiger partial charge in [0, 0.05) is 17.3 Å². The molecule has 0 saturated carbocycles. The molecule has 0 saturated heterocycles. The van der Waals surface area contributed by atoms with Gasteiger partial charge in [0.05, 0.1) is 23.6 Å². The number of nitrogens with one attached hydrogen (secondary N) is 3. The number of imidazole rings is 1. The Balaban J connectivity index is 1.92. The summed E-state index contributed by atoms with van der Waals surface area (Å²) in [5, 5.41) is 3.45. The minimum Gasteiger partial charge on any atom is -0.360 e. The number of pyridine rings is 1. The van der Waals surface area contributed by atoms with Gasteiger partial charge in [-0.3, -0.25) is 9.59 Å². The number of carbonyl (C=O) groups excluding carboxylic acids is 1. The van der Waals surface area contributed by atoms with E-state index < -0.39 is 23.1 Å². The summed E-state index contributed by atoms with van der Waals surface area (Å²) in [4.78, 5) is 33.6. The number of H-pyrrole nitrogens is 2. The maximum atomic E-state index is 13.0. The third-order valence-electron chi connectivity index (χ3n) is 3.69. The van der Waals surface area contributed by atoms with Gasteiger partial charge in [-0.1, -0.05) is 6.07 Å². The Morgan fingerprint density at radius 1 is 1.31 bits per heavy atom. The van der Waals surface area contributed by atoms with Gasteiger partial charge in [-0.15, -0.1) is 0 Å². The van der Waals surface area contributed by atoms with Crippen LogP contribution < -0.4 is 10.9 Å². The topological polar surface area (TPSA) is 103 Å². The molecule has 7 nitrogen and oxygen atoms in total. The minimum absolute atomic E-state index is 0.236. The van der Waals surface area contributed by atoms with Crippen molar-refractivity contribution in [1.82, 2.24) is 20.4 Å². The Labute approximate surface area is 144 Å². The smallest absolute Gasteiger partial charge is 0.360 e. The lowest BCUT2D eigenvalue weighted by Gasteiger charge is -2.10. The maximum Gasteiger partial charge on any atom is 0.418 e. The third-order valence-corrected chi connectivity index (χ3v) is 3.69. The molecule has 2 aromatic heterocycles. The SMILES string of the molecule is Cc1[nH]cnc1/C=N/NC(=O)c1c[nH]c2c(C(F)(F)F)cccc2c1=O. The number of nitrogens with zero attached hydrogens (tertiary/aromatic N) is 2. The molecule has 3 N–H and O–H groups in total. The largest absolute Gasteiger partial charge is 0.418 e. The highest BCUT2D eigenvalue weighted by molar-refractivity contribution is 5.98. The first-order valence-electron chi connectivity index (χ1n) is 7.34. The van der Waals surface area contributed by atoms with E-state index in [2.05, 4.69) is 25.5 Å². The van der Waals surface area contributed by atoms with E-state index in [1.54, 1.807) is 6.92 Å². The van der Waals surface area contributed by atoms with E-state index >= 15 is 0 Å². The molecule has 2 heterocycles. The second-order valence-corrected chi connectivity index (χ2v) is 5.37. The molecule has 0 atom stereocenters. The Hall–Kier alpha value is -3.43. The van der Waals surface area contributed by atoms with Crippen LogP contribution in [-0.2, 0) is 6.18 Å². The number of aryl methyl sites for hydroxylation is 1. The number of rotatable bonds is 3. The Morgan fingerprint density at radius 3 is 2.73 bits per heavy atom. The summed E-state index contributed by atoms with van der Waals surface area (Å²) in [5.41, 5.74) is 0.833. The molecule has 0 aliphatic carbocycles. The molecule has 0 spiro atoms. The second-order valence-electron chi connectivity index (χ2n) is 5.37. The first kappa shape index (κ1) is 17.4. The second kappa shape index (κ2) is 6.47. The van der Waals surface area contributed by atoms with Crippen molar-refractivity contribution in [3.8, 4) is 0 Å². The van der Waals surface area contributed by atoms with Crippen LogP contribution in [0.3, 0.4) is 0 Å². The van der Waals surface area contributed by atoms with E-state index in [0.29, 0.717) is 5.69 Å². The fourth-order valence-corrected chi connectivity index (χ4v) is 2.37. The van der Waals surface area contributed by atoms with Crippen molar-refractivity contribution >= 4 is 23.0 Å². The highest BCUT2D eigenvalue weighted by Crippen LogP contribution is 2.32. The minimum atomic E-state index is -4.63. The van der Waals surface area contributed by atoms with Gasteiger partial charge >= 0.3 is 6.18 Å². The molecule has 134 valence electrons. The van der Waals surface area contributed by atoms with E-state index in [9.17, 15) is 22.8 Å². The highest BCUT2D eigenvalue weighted by atomic mass is 19.4. The first-order valence-corrected chi connectivity index (χ1v) is 7.34. The number of para-hydroxylation sites is 1. The van der Waals surface area contributed by atoms with E-state index in [1.165, 1.54) is 18.6 Å². The maximum absolute atomic E-state index is 13.0. The predicted octanol–water partition coefficient (Wildman–Crippen LogP) is 2.34. The number of halogens is 3. The van der Waals surface area contributed by atoms with Crippen molar-refractivity contribution in [2.45, 2.75) is 13.1 Å². The van der Waals surface area contributed by atoms with Crippen molar-refractivity contribution < 1.29 is 18.0 Å². The number of amides is 1. The summed E-state index contributed by atoms with van der Waals surface area (Å²) < 4.78 is 39.0. The van der Waals surface area contributed by atoms with Gasteiger partial charge in [-0.2, -0.15) is 18.3 Å². The molecule has 1 amide bonds.